The lowest BCUT2D eigenvalue weighted by molar-refractivity contribution is -0.141. The maximum absolute atomic E-state index is 13.8. The number of amides is 1. The number of aliphatic hydroxyl groups is 1. The van der Waals surface area contributed by atoms with Gasteiger partial charge in [-0.1, -0.05) is 0 Å². The molecular formula is C23H26F6N2O4. The second kappa shape index (κ2) is 9.73. The fourth-order valence-electron chi connectivity index (χ4n) is 3.78. The first-order valence-electron chi connectivity index (χ1n) is 10.8. The third-order valence-electron chi connectivity index (χ3n) is 5.53. The van der Waals surface area contributed by atoms with Crippen LogP contribution in [0.3, 0.4) is 0 Å². The number of ether oxygens (including phenoxy) is 2. The molecule has 12 heteroatoms. The number of carbonyl (C=O) groups excluding carboxylic acids is 1. The summed E-state index contributed by atoms with van der Waals surface area (Å²) in [4.78, 5) is 12.2. The van der Waals surface area contributed by atoms with Crippen molar-refractivity contribution in [3.63, 3.8) is 0 Å². The van der Waals surface area contributed by atoms with Gasteiger partial charge in [-0.2, -0.15) is 26.3 Å². The highest BCUT2D eigenvalue weighted by atomic mass is 19.4. The molecule has 0 unspecified atom stereocenters. The molecule has 6 nitrogen and oxygen atoms in total. The molecule has 1 atom stereocenters. The molecule has 0 bridgehead atoms. The van der Waals surface area contributed by atoms with Crippen LogP contribution in [0, 0.1) is 6.92 Å². The minimum absolute atomic E-state index is 0.0589. The molecule has 2 aromatic rings. The Morgan fingerprint density at radius 3 is 2.40 bits per heavy atom. The lowest BCUT2D eigenvalue weighted by Gasteiger charge is -2.20. The Balaban J connectivity index is 2.11. The minimum Gasteiger partial charge on any atom is -0.408 e. The van der Waals surface area contributed by atoms with Gasteiger partial charge in [-0.05, 0) is 51.8 Å². The zero-order valence-electron chi connectivity index (χ0n) is 19.3. The molecule has 0 spiro atoms. The minimum atomic E-state index is -4.93. The molecule has 0 aliphatic carbocycles. The first-order valence-corrected chi connectivity index (χ1v) is 10.8. The van der Waals surface area contributed by atoms with Crippen molar-refractivity contribution in [2.45, 2.75) is 64.2 Å². The van der Waals surface area contributed by atoms with E-state index in [4.69, 9.17) is 9.47 Å². The van der Waals surface area contributed by atoms with Crippen molar-refractivity contribution in [1.82, 2.24) is 9.88 Å². The summed E-state index contributed by atoms with van der Waals surface area (Å²) in [5, 5.41) is 12.1. The maximum atomic E-state index is 13.8. The van der Waals surface area contributed by atoms with E-state index < -0.39 is 40.7 Å². The summed E-state index contributed by atoms with van der Waals surface area (Å²) in [5.41, 5.74) is -4.39. The number of hydrogen-bond donors (Lipinski definition) is 2. The van der Waals surface area contributed by atoms with Crippen molar-refractivity contribution in [2.75, 3.05) is 13.2 Å². The van der Waals surface area contributed by atoms with Crippen LogP contribution in [0.5, 0.6) is 5.75 Å². The largest absolute Gasteiger partial charge is 0.417 e. The fraction of sp³-hybridized carbons (Fsp3) is 0.522. The number of rotatable bonds is 6. The second-order valence-corrected chi connectivity index (χ2v) is 9.04. The third kappa shape index (κ3) is 6.69. The molecule has 1 amide bonds. The molecule has 3 rings (SSSR count). The average Bonchev–Trinajstić information content (AvgIpc) is 3.34. The number of hydrogen-bond acceptors (Lipinski definition) is 4. The number of carbonyl (C=O) groups is 1. The molecule has 2 N–H and O–H groups in total. The standard InChI is InChI=1S/C23H26F6N2O4/c1-13-19(35-20(32)30-12-21(2,3)33)10-18(31(13)11-15-5-4-8-34-15)16-9-14(22(24,25)26)6-7-17(16)23(27,28)29/h6-7,9-10,15,33H,4-5,8,11-12H2,1-3H3,(H,30,32)/t15-/m1/s1. The molecule has 1 aromatic heterocycles. The Labute approximate surface area is 197 Å². The highest BCUT2D eigenvalue weighted by Gasteiger charge is 2.38. The number of nitrogens with zero attached hydrogens (tertiary/aromatic N) is 1. The fourth-order valence-corrected chi connectivity index (χ4v) is 3.78. The zero-order valence-corrected chi connectivity index (χ0v) is 19.3. The van der Waals surface area contributed by atoms with E-state index in [1.54, 1.807) is 0 Å². The molecule has 0 radical (unpaired) electrons. The Morgan fingerprint density at radius 1 is 1.17 bits per heavy atom. The van der Waals surface area contributed by atoms with Crippen LogP contribution in [0.25, 0.3) is 11.3 Å². The first kappa shape index (κ1) is 26.9. The van der Waals surface area contributed by atoms with Gasteiger partial charge in [-0.25, -0.2) is 4.79 Å². The van der Waals surface area contributed by atoms with Gasteiger partial charge >= 0.3 is 18.4 Å². The van der Waals surface area contributed by atoms with Crippen LogP contribution in [-0.4, -0.2) is 40.6 Å². The highest BCUT2D eigenvalue weighted by Crippen LogP contribution is 2.43. The SMILES string of the molecule is Cc1c(OC(=O)NCC(C)(C)O)cc(-c2cc(C(F)(F)F)ccc2C(F)(F)F)n1C[C@H]1CCCO1. The zero-order chi connectivity index (χ0) is 26.2. The first-order chi connectivity index (χ1) is 16.1. The van der Waals surface area contributed by atoms with Crippen LogP contribution >= 0.6 is 0 Å². The predicted octanol–water partition coefficient (Wildman–Crippen LogP) is 5.54. The Hall–Kier alpha value is -2.73. The van der Waals surface area contributed by atoms with Crippen molar-refractivity contribution in [3.05, 3.63) is 41.1 Å². The van der Waals surface area contributed by atoms with Gasteiger partial charge < -0.3 is 24.5 Å². The van der Waals surface area contributed by atoms with E-state index in [1.165, 1.54) is 25.3 Å². The molecule has 194 valence electrons. The van der Waals surface area contributed by atoms with E-state index in [0.717, 1.165) is 12.5 Å². The van der Waals surface area contributed by atoms with Crippen LogP contribution in [0.4, 0.5) is 31.1 Å². The summed E-state index contributed by atoms with van der Waals surface area (Å²) in [7, 11) is 0. The maximum Gasteiger partial charge on any atom is 0.417 e. The lowest BCUT2D eigenvalue weighted by atomic mass is 10.00. The Morgan fingerprint density at radius 2 is 1.86 bits per heavy atom. The number of alkyl halides is 6. The van der Waals surface area contributed by atoms with Gasteiger partial charge in [-0.15, -0.1) is 0 Å². The average molecular weight is 508 g/mol. The molecule has 0 saturated carbocycles. The topological polar surface area (TPSA) is 72.7 Å². The number of benzene rings is 1. The summed E-state index contributed by atoms with van der Waals surface area (Å²) in [6.07, 6.45) is -9.78. The summed E-state index contributed by atoms with van der Waals surface area (Å²) < 4.78 is 93.7. The van der Waals surface area contributed by atoms with E-state index in [9.17, 15) is 36.2 Å². The van der Waals surface area contributed by atoms with Crippen molar-refractivity contribution >= 4 is 6.09 Å². The molecule has 2 heterocycles. The van der Waals surface area contributed by atoms with Crippen LogP contribution < -0.4 is 10.1 Å². The summed E-state index contributed by atoms with van der Waals surface area (Å²) in [5.74, 6) is -0.128. The van der Waals surface area contributed by atoms with Crippen LogP contribution in [0.1, 0.15) is 43.5 Å². The van der Waals surface area contributed by atoms with Gasteiger partial charge in [0.05, 0.1) is 34.2 Å². The van der Waals surface area contributed by atoms with Gasteiger partial charge in [0.2, 0.25) is 0 Å². The van der Waals surface area contributed by atoms with E-state index >= 15 is 0 Å². The van der Waals surface area contributed by atoms with E-state index in [-0.39, 0.29) is 36.3 Å². The van der Waals surface area contributed by atoms with Gasteiger partial charge in [0, 0.05) is 31.3 Å². The van der Waals surface area contributed by atoms with Gasteiger partial charge in [0.25, 0.3) is 0 Å². The molecule has 35 heavy (non-hydrogen) atoms. The van der Waals surface area contributed by atoms with E-state index in [1.807, 2.05) is 0 Å². The highest BCUT2D eigenvalue weighted by molar-refractivity contribution is 5.74. The monoisotopic (exact) mass is 508 g/mol. The molecule has 1 saturated heterocycles. The van der Waals surface area contributed by atoms with Crippen molar-refractivity contribution in [1.29, 1.82) is 0 Å². The second-order valence-electron chi connectivity index (χ2n) is 9.04. The quantitative estimate of drug-likeness (QED) is 0.503. The smallest absolute Gasteiger partial charge is 0.408 e. The van der Waals surface area contributed by atoms with E-state index in [2.05, 4.69) is 5.32 Å². The predicted molar refractivity (Wildman–Crippen MR) is 114 cm³/mol. The van der Waals surface area contributed by atoms with Crippen LogP contribution in [0.2, 0.25) is 0 Å². The van der Waals surface area contributed by atoms with Crippen molar-refractivity contribution in [2.24, 2.45) is 0 Å². The van der Waals surface area contributed by atoms with E-state index in [0.29, 0.717) is 31.2 Å². The lowest BCUT2D eigenvalue weighted by Crippen LogP contribution is -2.39. The molecule has 1 fully saturated rings. The Kier molecular flexibility index (Phi) is 7.47. The molecule has 1 aliphatic rings. The summed E-state index contributed by atoms with van der Waals surface area (Å²) in [6.45, 7) is 4.73. The number of aromatic nitrogens is 1. The Bertz CT molecular complexity index is 1060. The van der Waals surface area contributed by atoms with Gasteiger partial charge in [0.15, 0.2) is 5.75 Å². The number of halogens is 6. The third-order valence-corrected chi connectivity index (χ3v) is 5.53. The normalized spacial score (nSPS) is 17.0. The summed E-state index contributed by atoms with van der Waals surface area (Å²) >= 11 is 0. The number of nitrogens with one attached hydrogen (secondary N) is 1. The van der Waals surface area contributed by atoms with Gasteiger partial charge in [-0.3, -0.25) is 0 Å². The van der Waals surface area contributed by atoms with Crippen molar-refractivity contribution in [3.8, 4) is 17.0 Å². The van der Waals surface area contributed by atoms with Gasteiger partial charge in [0.1, 0.15) is 0 Å². The molecular weight excluding hydrogens is 482 g/mol. The summed E-state index contributed by atoms with van der Waals surface area (Å²) in [6, 6.07) is 2.34. The van der Waals surface area contributed by atoms with Crippen molar-refractivity contribution < 1.29 is 45.7 Å². The molecule has 1 aromatic carbocycles. The molecule has 1 aliphatic heterocycles. The van der Waals surface area contributed by atoms with Crippen LogP contribution in [-0.2, 0) is 23.6 Å². The van der Waals surface area contributed by atoms with Crippen LogP contribution in [0.15, 0.2) is 24.3 Å².